The highest BCUT2D eigenvalue weighted by atomic mass is 32.2. The Labute approximate surface area is 162 Å². The lowest BCUT2D eigenvalue weighted by molar-refractivity contribution is 0.330. The van der Waals surface area contributed by atoms with E-state index in [0.29, 0.717) is 5.41 Å². The molecule has 4 heteroatoms. The minimum Gasteiger partial charge on any atom is -0.228 e. The van der Waals surface area contributed by atoms with Gasteiger partial charge in [-0.1, -0.05) is 66.9 Å². The average Bonchev–Trinajstić information content (AvgIpc) is 3.22. The zero-order chi connectivity index (χ0) is 19.1. The molecule has 27 heavy (non-hydrogen) atoms. The summed E-state index contributed by atoms with van der Waals surface area (Å²) in [5.74, 6) is -0.110. The molecule has 0 amide bonds. The van der Waals surface area contributed by atoms with Gasteiger partial charge < -0.3 is 0 Å². The van der Waals surface area contributed by atoms with Gasteiger partial charge in [0.25, 0.3) is 0 Å². The number of hydrogen-bond acceptors (Lipinski definition) is 2. The molecule has 1 fully saturated rings. The smallest absolute Gasteiger partial charge is 0.213 e. The van der Waals surface area contributed by atoms with Gasteiger partial charge in [0.1, 0.15) is 0 Å². The fraction of sp³-hybridized carbons (Fsp3) is 0.391. The Morgan fingerprint density at radius 2 is 1.33 bits per heavy atom. The second kappa shape index (κ2) is 6.92. The van der Waals surface area contributed by atoms with E-state index in [0.717, 1.165) is 18.4 Å². The van der Waals surface area contributed by atoms with Crippen LogP contribution in [0.2, 0.25) is 0 Å². The number of hydrogen-bond donors (Lipinski definition) is 1. The highest BCUT2D eigenvalue weighted by Crippen LogP contribution is 2.57. The summed E-state index contributed by atoms with van der Waals surface area (Å²) in [7, 11) is -3.50. The van der Waals surface area contributed by atoms with Crippen LogP contribution in [-0.4, -0.2) is 8.42 Å². The van der Waals surface area contributed by atoms with Crippen molar-refractivity contribution in [2.24, 2.45) is 10.6 Å². The minimum absolute atomic E-state index is 0.110. The van der Waals surface area contributed by atoms with Crippen LogP contribution >= 0.6 is 0 Å². The number of primary sulfonamides is 1. The van der Waals surface area contributed by atoms with Crippen molar-refractivity contribution in [3.8, 4) is 0 Å². The van der Waals surface area contributed by atoms with Gasteiger partial charge in [0.2, 0.25) is 10.0 Å². The summed E-state index contributed by atoms with van der Waals surface area (Å²) < 4.78 is 22.7. The van der Waals surface area contributed by atoms with Crippen molar-refractivity contribution in [1.29, 1.82) is 0 Å². The van der Waals surface area contributed by atoms with Crippen molar-refractivity contribution in [2.75, 3.05) is 0 Å². The van der Waals surface area contributed by atoms with Crippen molar-refractivity contribution in [3.05, 3.63) is 70.8 Å². The Morgan fingerprint density at radius 1 is 0.852 bits per heavy atom. The van der Waals surface area contributed by atoms with Crippen LogP contribution in [0.25, 0.3) is 11.1 Å². The van der Waals surface area contributed by atoms with Crippen LogP contribution in [0, 0.1) is 12.3 Å². The van der Waals surface area contributed by atoms with Crippen molar-refractivity contribution < 1.29 is 8.42 Å². The fourth-order valence-electron chi connectivity index (χ4n) is 4.85. The number of benzene rings is 2. The van der Waals surface area contributed by atoms with Gasteiger partial charge >= 0.3 is 0 Å². The van der Waals surface area contributed by atoms with E-state index in [1.807, 2.05) is 12.1 Å². The van der Waals surface area contributed by atoms with Crippen LogP contribution in [0.15, 0.2) is 48.5 Å². The molecular formula is C23H27NO2S. The maximum absolute atomic E-state index is 11.3. The molecule has 0 aromatic heterocycles. The Morgan fingerprint density at radius 3 is 1.81 bits per heavy atom. The first kappa shape index (κ1) is 18.5. The summed E-state index contributed by atoms with van der Waals surface area (Å²) in [4.78, 5) is 0. The SMILES string of the molecule is Cc1ccc(C2=C(c3ccc(CS(N)(=O)=O)cc3)CC3(CCCC3)C2)cc1. The van der Waals surface area contributed by atoms with Crippen LogP contribution in [0.4, 0.5) is 0 Å². The zero-order valence-corrected chi connectivity index (χ0v) is 16.7. The van der Waals surface area contributed by atoms with E-state index in [1.54, 1.807) is 0 Å². The first-order valence-electron chi connectivity index (χ1n) is 9.73. The maximum Gasteiger partial charge on any atom is 0.213 e. The second-order valence-electron chi connectivity index (χ2n) is 8.39. The van der Waals surface area contributed by atoms with Crippen LogP contribution < -0.4 is 5.14 Å². The molecule has 2 aromatic carbocycles. The number of aryl methyl sites for hydroxylation is 1. The van der Waals surface area contributed by atoms with E-state index in [9.17, 15) is 8.42 Å². The molecule has 0 atom stereocenters. The molecule has 2 aromatic rings. The summed E-state index contributed by atoms with van der Waals surface area (Å²) in [6.07, 6.45) is 7.59. The second-order valence-corrected chi connectivity index (χ2v) is 10.0. The van der Waals surface area contributed by atoms with Gasteiger partial charge in [-0.05, 0) is 65.9 Å². The van der Waals surface area contributed by atoms with Gasteiger partial charge in [0.15, 0.2) is 0 Å². The number of allylic oxidation sites excluding steroid dienone is 2. The van der Waals surface area contributed by atoms with Crippen LogP contribution in [-0.2, 0) is 15.8 Å². The predicted octanol–water partition coefficient (Wildman–Crippen LogP) is 5.05. The predicted molar refractivity (Wildman–Crippen MR) is 111 cm³/mol. The van der Waals surface area contributed by atoms with E-state index in [4.69, 9.17) is 5.14 Å². The molecule has 0 aliphatic heterocycles. The van der Waals surface area contributed by atoms with Crippen molar-refractivity contribution >= 4 is 21.2 Å². The molecule has 142 valence electrons. The highest BCUT2D eigenvalue weighted by molar-refractivity contribution is 7.88. The van der Waals surface area contributed by atoms with E-state index < -0.39 is 10.0 Å². The van der Waals surface area contributed by atoms with E-state index in [2.05, 4.69) is 43.3 Å². The molecule has 2 aliphatic rings. The lowest BCUT2D eigenvalue weighted by atomic mass is 9.81. The van der Waals surface area contributed by atoms with Gasteiger partial charge in [-0.25, -0.2) is 13.6 Å². The Hall–Kier alpha value is -1.91. The van der Waals surface area contributed by atoms with Gasteiger partial charge in [-0.15, -0.1) is 0 Å². The third-order valence-corrected chi connectivity index (χ3v) is 6.94. The summed E-state index contributed by atoms with van der Waals surface area (Å²) in [5, 5.41) is 5.18. The third-order valence-electron chi connectivity index (χ3n) is 6.20. The molecule has 0 radical (unpaired) electrons. The summed E-state index contributed by atoms with van der Waals surface area (Å²) in [6, 6.07) is 16.8. The van der Waals surface area contributed by atoms with E-state index >= 15 is 0 Å². The van der Waals surface area contributed by atoms with Crippen molar-refractivity contribution in [1.82, 2.24) is 0 Å². The summed E-state index contributed by atoms with van der Waals surface area (Å²) in [6.45, 7) is 2.12. The van der Waals surface area contributed by atoms with Crippen LogP contribution in [0.5, 0.6) is 0 Å². The first-order valence-corrected chi connectivity index (χ1v) is 11.4. The number of rotatable bonds is 4. The summed E-state index contributed by atoms with van der Waals surface area (Å²) >= 11 is 0. The Bertz CT molecular complexity index is 964. The van der Waals surface area contributed by atoms with Gasteiger partial charge in [-0.2, -0.15) is 0 Å². The van der Waals surface area contributed by atoms with E-state index in [1.165, 1.54) is 53.5 Å². The highest BCUT2D eigenvalue weighted by Gasteiger charge is 2.41. The zero-order valence-electron chi connectivity index (χ0n) is 15.9. The molecule has 3 nitrogen and oxygen atoms in total. The molecule has 0 saturated heterocycles. The molecule has 4 rings (SSSR count). The molecule has 0 heterocycles. The Kier molecular flexibility index (Phi) is 4.73. The normalized spacial score (nSPS) is 19.2. The number of nitrogens with two attached hydrogens (primary N) is 1. The molecule has 0 bridgehead atoms. The standard InChI is InChI=1S/C23H27NO2S/c1-17-4-8-19(9-5-17)21-14-23(12-2-3-13-23)15-22(21)20-10-6-18(7-11-20)16-27(24,25)26/h4-11H,2-3,12-16H2,1H3,(H2,24,25,26). The lowest BCUT2D eigenvalue weighted by Gasteiger charge is -2.23. The van der Waals surface area contributed by atoms with Gasteiger partial charge in [0.05, 0.1) is 5.75 Å². The quantitative estimate of drug-likeness (QED) is 0.806. The van der Waals surface area contributed by atoms with Crippen molar-refractivity contribution in [2.45, 2.75) is 51.2 Å². The molecular weight excluding hydrogens is 354 g/mol. The third kappa shape index (κ3) is 4.02. The summed E-state index contributed by atoms with van der Waals surface area (Å²) in [5.41, 5.74) is 7.89. The fourth-order valence-corrected chi connectivity index (χ4v) is 5.50. The van der Waals surface area contributed by atoms with Crippen LogP contribution in [0.1, 0.15) is 60.8 Å². The molecule has 0 unspecified atom stereocenters. The number of sulfonamides is 1. The monoisotopic (exact) mass is 381 g/mol. The molecule has 1 saturated carbocycles. The maximum atomic E-state index is 11.3. The van der Waals surface area contributed by atoms with Crippen LogP contribution in [0.3, 0.4) is 0 Å². The largest absolute Gasteiger partial charge is 0.228 e. The first-order chi connectivity index (χ1) is 12.8. The van der Waals surface area contributed by atoms with Gasteiger partial charge in [0, 0.05) is 0 Å². The molecule has 2 N–H and O–H groups in total. The Balaban J connectivity index is 1.71. The van der Waals surface area contributed by atoms with Gasteiger partial charge in [-0.3, -0.25) is 0 Å². The molecule has 1 spiro atoms. The topological polar surface area (TPSA) is 60.2 Å². The lowest BCUT2D eigenvalue weighted by Crippen LogP contribution is -2.14. The average molecular weight is 382 g/mol. The minimum atomic E-state index is -3.50. The van der Waals surface area contributed by atoms with Crippen molar-refractivity contribution in [3.63, 3.8) is 0 Å². The van der Waals surface area contributed by atoms with E-state index in [-0.39, 0.29) is 5.75 Å². The molecule has 2 aliphatic carbocycles.